The standard InChI is InChI=1S/C26H23ClN4O3.C26H25ClN4O/c27-21-3-4-23-19(14-21)1-2-20-15-22(31(33)34)16-29-26(20)25(23)18-7-11-30(12-8-18)24(32)13-17-5-9-28-10-6-17;27-21-3-4-23-19(14-21)1-2-20-15-22(28)16-30-26(20)25(23)18-7-11-31(12-8-18)24(32)13-17-5-9-29-10-6-17/h3-6,9-10,14-16H,1-2,7-8,11-13H2;3-6,9-10,14-16H,1-2,7-8,11-13,28H2. The summed E-state index contributed by atoms with van der Waals surface area (Å²) >= 11 is 12.6. The number of carbonyl (C=O) groups is 2. The van der Waals surface area contributed by atoms with Crippen LogP contribution < -0.4 is 5.73 Å². The molecule has 12 nitrogen and oxygen atoms in total. The van der Waals surface area contributed by atoms with E-state index in [1.807, 2.05) is 64.4 Å². The summed E-state index contributed by atoms with van der Waals surface area (Å²) in [6.07, 6.45) is 17.1. The Morgan fingerprint density at radius 3 is 1.45 bits per heavy atom. The summed E-state index contributed by atoms with van der Waals surface area (Å²) in [7, 11) is 0. The maximum atomic E-state index is 12.8. The van der Waals surface area contributed by atoms with Crippen LogP contribution in [0.3, 0.4) is 0 Å². The highest BCUT2D eigenvalue weighted by molar-refractivity contribution is 6.31. The minimum Gasteiger partial charge on any atom is -0.397 e. The van der Waals surface area contributed by atoms with E-state index in [1.54, 1.807) is 37.1 Å². The lowest BCUT2D eigenvalue weighted by molar-refractivity contribution is -0.385. The Balaban J connectivity index is 0.000000166. The predicted molar refractivity (Wildman–Crippen MR) is 257 cm³/mol. The third kappa shape index (κ3) is 9.90. The zero-order valence-corrected chi connectivity index (χ0v) is 37.9. The van der Waals surface area contributed by atoms with E-state index >= 15 is 0 Å². The van der Waals surface area contributed by atoms with Crippen molar-refractivity contribution in [1.29, 1.82) is 0 Å². The molecule has 14 heteroatoms. The summed E-state index contributed by atoms with van der Waals surface area (Å²) in [4.78, 5) is 57.9. The lowest BCUT2D eigenvalue weighted by Crippen LogP contribution is -2.37. The molecule has 2 amide bonds. The van der Waals surface area contributed by atoms with Crippen LogP contribution in [0, 0.1) is 10.1 Å². The second kappa shape index (κ2) is 19.8. The maximum absolute atomic E-state index is 12.8. The van der Waals surface area contributed by atoms with E-state index in [0.717, 1.165) is 108 Å². The van der Waals surface area contributed by atoms with Gasteiger partial charge in [-0.15, -0.1) is 0 Å². The highest BCUT2D eigenvalue weighted by Crippen LogP contribution is 2.41. The SMILES string of the molecule is Nc1cnc2c(c1)CCc1cc(Cl)ccc1C2=C1CCN(C(=O)Cc2ccncc2)CC1.O=C(Cc1ccncc1)N1CCC(=C2c3ccc(Cl)cc3CCc3cc([N+](=O)[O-])cnc32)CC1. The molecule has 6 aromatic rings. The molecular weight excluding hydrogens is 872 g/mol. The van der Waals surface area contributed by atoms with Gasteiger partial charge in [0.25, 0.3) is 5.69 Å². The van der Waals surface area contributed by atoms with Crippen molar-refractivity contribution in [3.8, 4) is 0 Å². The van der Waals surface area contributed by atoms with Gasteiger partial charge < -0.3 is 15.5 Å². The number of aryl methyl sites for hydroxylation is 4. The molecule has 2 fully saturated rings. The monoisotopic (exact) mass is 918 g/mol. The molecule has 66 heavy (non-hydrogen) atoms. The topological polar surface area (TPSA) is 161 Å². The Bertz CT molecular complexity index is 2830. The van der Waals surface area contributed by atoms with Crippen molar-refractivity contribution in [2.45, 2.75) is 64.2 Å². The summed E-state index contributed by atoms with van der Waals surface area (Å²) in [5, 5.41) is 12.8. The molecule has 0 spiro atoms. The van der Waals surface area contributed by atoms with Crippen molar-refractivity contribution in [2.75, 3.05) is 31.9 Å². The van der Waals surface area contributed by atoms with E-state index in [-0.39, 0.29) is 17.5 Å². The Hall–Kier alpha value is -6.76. The smallest absolute Gasteiger partial charge is 0.287 e. The van der Waals surface area contributed by atoms with E-state index in [1.165, 1.54) is 39.6 Å². The van der Waals surface area contributed by atoms with Gasteiger partial charge in [0.05, 0.1) is 41.0 Å². The number of piperidine rings is 2. The first-order valence-corrected chi connectivity index (χ1v) is 23.1. The van der Waals surface area contributed by atoms with Crippen molar-refractivity contribution in [1.82, 2.24) is 29.7 Å². The van der Waals surface area contributed by atoms with Crippen molar-refractivity contribution in [2.24, 2.45) is 0 Å². The predicted octanol–water partition coefficient (Wildman–Crippen LogP) is 9.28. The molecule has 4 aliphatic rings. The van der Waals surface area contributed by atoms with E-state index in [2.05, 4.69) is 27.1 Å². The summed E-state index contributed by atoms with van der Waals surface area (Å²) in [6.45, 7) is 2.70. The first-order valence-electron chi connectivity index (χ1n) is 22.3. The zero-order chi connectivity index (χ0) is 45.7. The number of likely N-dealkylation sites (tertiary alicyclic amines) is 2. The third-order valence-corrected chi connectivity index (χ3v) is 13.5. The fourth-order valence-electron chi connectivity index (χ4n) is 9.62. The molecule has 10 rings (SSSR count). The van der Waals surface area contributed by atoms with E-state index in [0.29, 0.717) is 43.1 Å². The second-order valence-corrected chi connectivity index (χ2v) is 18.0. The second-order valence-electron chi connectivity index (χ2n) is 17.1. The molecule has 0 atom stereocenters. The van der Waals surface area contributed by atoms with Gasteiger partial charge in [-0.25, -0.2) is 4.98 Å². The lowest BCUT2D eigenvalue weighted by Gasteiger charge is -2.30. The largest absolute Gasteiger partial charge is 0.397 e. The molecular formula is C52H48Cl2N8O4. The molecule has 0 saturated carbocycles. The van der Waals surface area contributed by atoms with Gasteiger partial charge in [-0.3, -0.25) is 34.7 Å². The minimum absolute atomic E-state index is 0.00335. The Labute approximate surface area is 393 Å². The van der Waals surface area contributed by atoms with Gasteiger partial charge in [0.2, 0.25) is 11.8 Å². The number of hydrogen-bond acceptors (Lipinski definition) is 9. The van der Waals surface area contributed by atoms with Crippen molar-refractivity contribution < 1.29 is 14.5 Å². The maximum Gasteiger partial charge on any atom is 0.287 e. The van der Waals surface area contributed by atoms with Crippen LogP contribution in [0.4, 0.5) is 11.4 Å². The summed E-state index contributed by atoms with van der Waals surface area (Å²) in [5.41, 5.74) is 22.0. The number of rotatable bonds is 5. The van der Waals surface area contributed by atoms with Crippen LogP contribution in [-0.2, 0) is 48.1 Å². The number of nitrogens with zero attached hydrogens (tertiary/aromatic N) is 7. The van der Waals surface area contributed by atoms with Gasteiger partial charge in [0, 0.05) is 78.2 Å². The number of amides is 2. The lowest BCUT2D eigenvalue weighted by atomic mass is 9.88. The number of nitrogens with two attached hydrogens (primary N) is 1. The number of carbonyl (C=O) groups excluding carboxylic acids is 2. The normalized spacial score (nSPS) is 15.5. The van der Waals surface area contributed by atoms with E-state index < -0.39 is 4.92 Å². The molecule has 2 aliphatic carbocycles. The molecule has 0 bridgehead atoms. The van der Waals surface area contributed by atoms with Gasteiger partial charge in [0.1, 0.15) is 6.20 Å². The average Bonchev–Trinajstić information content (AvgIpc) is 3.59. The molecule has 6 heterocycles. The van der Waals surface area contributed by atoms with Crippen LogP contribution in [0.5, 0.6) is 0 Å². The fourth-order valence-corrected chi connectivity index (χ4v) is 10.0. The summed E-state index contributed by atoms with van der Waals surface area (Å²) < 4.78 is 0. The van der Waals surface area contributed by atoms with E-state index in [4.69, 9.17) is 33.9 Å². The summed E-state index contributed by atoms with van der Waals surface area (Å²) in [5.74, 6) is 0.275. The quantitative estimate of drug-likeness (QED) is 0.131. The number of halogens is 2. The fraction of sp³-hybridized carbons (Fsp3) is 0.269. The van der Waals surface area contributed by atoms with Gasteiger partial charge in [-0.05, 0) is 150 Å². The molecule has 334 valence electrons. The highest BCUT2D eigenvalue weighted by Gasteiger charge is 2.29. The number of aromatic nitrogens is 4. The average molecular weight is 920 g/mol. The van der Waals surface area contributed by atoms with Crippen LogP contribution in [0.15, 0.2) is 121 Å². The number of hydrogen-bond donors (Lipinski definition) is 1. The molecule has 2 N–H and O–H groups in total. The number of fused-ring (bicyclic) bond motifs is 4. The molecule has 0 radical (unpaired) electrons. The molecule has 2 aliphatic heterocycles. The van der Waals surface area contributed by atoms with Crippen LogP contribution in [0.25, 0.3) is 11.1 Å². The Morgan fingerprint density at radius 2 is 1.00 bits per heavy atom. The molecule has 2 aromatic carbocycles. The molecule has 2 saturated heterocycles. The van der Waals surface area contributed by atoms with E-state index in [9.17, 15) is 19.7 Å². The van der Waals surface area contributed by atoms with Gasteiger partial charge in [-0.1, -0.05) is 46.5 Å². The number of nitrogen functional groups attached to an aromatic ring is 1. The van der Waals surface area contributed by atoms with Crippen LogP contribution in [-0.4, -0.2) is 72.7 Å². The number of pyridine rings is 4. The first-order chi connectivity index (χ1) is 32.1. The molecule has 4 aromatic heterocycles. The first kappa shape index (κ1) is 44.4. The van der Waals surface area contributed by atoms with Crippen molar-refractivity contribution in [3.05, 3.63) is 197 Å². The summed E-state index contributed by atoms with van der Waals surface area (Å²) in [6, 6.07) is 23.2. The Morgan fingerprint density at radius 1 is 0.576 bits per heavy atom. The highest BCUT2D eigenvalue weighted by atomic mass is 35.5. The number of benzene rings is 2. The number of nitro groups is 1. The molecule has 0 unspecified atom stereocenters. The van der Waals surface area contributed by atoms with Gasteiger partial charge >= 0.3 is 0 Å². The number of anilines is 1. The van der Waals surface area contributed by atoms with Crippen molar-refractivity contribution in [3.63, 3.8) is 0 Å². The zero-order valence-electron chi connectivity index (χ0n) is 36.4. The van der Waals surface area contributed by atoms with Crippen LogP contribution in [0.2, 0.25) is 10.0 Å². The Kier molecular flexibility index (Phi) is 13.3. The van der Waals surface area contributed by atoms with Gasteiger partial charge in [-0.2, -0.15) is 0 Å². The third-order valence-electron chi connectivity index (χ3n) is 13.0. The van der Waals surface area contributed by atoms with Crippen molar-refractivity contribution >= 4 is 57.5 Å². The van der Waals surface area contributed by atoms with Crippen LogP contribution in [0.1, 0.15) is 81.6 Å². The minimum atomic E-state index is -0.401. The van der Waals surface area contributed by atoms with Crippen LogP contribution >= 0.6 is 23.2 Å². The van der Waals surface area contributed by atoms with Gasteiger partial charge in [0.15, 0.2) is 0 Å².